The Bertz CT molecular complexity index is 1340. The summed E-state index contributed by atoms with van der Waals surface area (Å²) >= 11 is 0. The van der Waals surface area contributed by atoms with E-state index >= 15 is 0 Å². The first-order valence-corrected chi connectivity index (χ1v) is 16.9. The van der Waals surface area contributed by atoms with Crippen molar-refractivity contribution in [3.05, 3.63) is 36.2 Å². The molecule has 1 saturated carbocycles. The van der Waals surface area contributed by atoms with Gasteiger partial charge in [-0.05, 0) is 70.8 Å². The fourth-order valence-corrected chi connectivity index (χ4v) is 4.74. The van der Waals surface area contributed by atoms with Crippen LogP contribution in [-0.2, 0) is 21.0 Å². The molecule has 3 aromatic heterocycles. The molecule has 3 heterocycles. The molecule has 0 saturated heterocycles. The second-order valence-corrected chi connectivity index (χ2v) is 17.8. The molecule has 1 fully saturated rings. The SMILES string of the molecule is Cc1nc(NC(=O)OC(C)(C)C)ccc1-c1cn(COCC[Si](C)(C)C)c2nc(NC(=O)C3CC3)ccc12. The number of carbonyl (C=O) groups excluding carboxylic acids is 2. The molecule has 0 aromatic carbocycles. The normalized spacial score (nSPS) is 14.0. The molecule has 2 N–H and O–H groups in total. The number of nitrogens with one attached hydrogen (secondary N) is 2. The molecule has 10 heteroatoms. The van der Waals surface area contributed by atoms with E-state index in [4.69, 9.17) is 14.5 Å². The summed E-state index contributed by atoms with van der Waals surface area (Å²) in [6, 6.07) is 8.58. The van der Waals surface area contributed by atoms with Crippen molar-refractivity contribution in [1.29, 1.82) is 0 Å². The minimum absolute atomic E-state index is 0.0229. The second kappa shape index (κ2) is 10.9. The highest BCUT2D eigenvalue weighted by Gasteiger charge is 2.30. The number of anilines is 2. The van der Waals surface area contributed by atoms with Gasteiger partial charge < -0.3 is 19.4 Å². The van der Waals surface area contributed by atoms with Gasteiger partial charge in [0.25, 0.3) is 0 Å². The second-order valence-electron chi connectivity index (χ2n) is 12.1. The standard InChI is InChI=1S/C28H39N5O4Si/c1-18-20(10-12-23(29-18)32-27(35)37-28(2,3)4)22-16-33(17-36-14-15-38(5,6)7)25-21(22)11-13-24(30-25)31-26(34)19-8-9-19/h10-13,16,19H,8-9,14-15,17H2,1-7H3,(H,29,32,35)(H,30,31,34). The Morgan fingerprint density at radius 2 is 1.71 bits per heavy atom. The third kappa shape index (κ3) is 7.41. The number of hydrogen-bond acceptors (Lipinski definition) is 6. The highest BCUT2D eigenvalue weighted by molar-refractivity contribution is 6.76. The van der Waals surface area contributed by atoms with Crippen molar-refractivity contribution in [3.8, 4) is 11.1 Å². The molecule has 0 aliphatic heterocycles. The van der Waals surface area contributed by atoms with E-state index in [1.165, 1.54) is 0 Å². The Kier molecular flexibility index (Phi) is 7.94. The molecule has 0 bridgehead atoms. The van der Waals surface area contributed by atoms with Crippen LogP contribution in [0.4, 0.5) is 16.4 Å². The van der Waals surface area contributed by atoms with E-state index < -0.39 is 19.8 Å². The number of aromatic nitrogens is 3. The van der Waals surface area contributed by atoms with Crippen LogP contribution in [0.25, 0.3) is 22.2 Å². The van der Waals surface area contributed by atoms with Gasteiger partial charge >= 0.3 is 6.09 Å². The third-order valence-corrected chi connectivity index (χ3v) is 7.86. The van der Waals surface area contributed by atoms with Crippen LogP contribution in [0.15, 0.2) is 30.5 Å². The van der Waals surface area contributed by atoms with Gasteiger partial charge in [-0.2, -0.15) is 0 Å². The lowest BCUT2D eigenvalue weighted by molar-refractivity contribution is -0.117. The number of nitrogens with zero attached hydrogens (tertiary/aromatic N) is 3. The number of fused-ring (bicyclic) bond motifs is 1. The van der Waals surface area contributed by atoms with Gasteiger partial charge in [0.1, 0.15) is 29.6 Å². The van der Waals surface area contributed by atoms with Crippen LogP contribution in [0.2, 0.25) is 25.7 Å². The number of amides is 2. The number of hydrogen-bond donors (Lipinski definition) is 2. The lowest BCUT2D eigenvalue weighted by atomic mass is 10.0. The van der Waals surface area contributed by atoms with E-state index in [0.717, 1.165) is 46.7 Å². The third-order valence-electron chi connectivity index (χ3n) is 6.15. The molecule has 1 aliphatic carbocycles. The Balaban J connectivity index is 1.62. The van der Waals surface area contributed by atoms with Gasteiger partial charge in [-0.3, -0.25) is 10.1 Å². The summed E-state index contributed by atoms with van der Waals surface area (Å²) in [6.07, 6.45) is 3.34. The van der Waals surface area contributed by atoms with Crippen molar-refractivity contribution in [3.63, 3.8) is 0 Å². The van der Waals surface area contributed by atoms with Crippen molar-refractivity contribution in [2.24, 2.45) is 5.92 Å². The van der Waals surface area contributed by atoms with Gasteiger partial charge in [0, 0.05) is 49.0 Å². The van der Waals surface area contributed by atoms with Crippen LogP contribution in [0.5, 0.6) is 0 Å². The fourth-order valence-electron chi connectivity index (χ4n) is 3.99. The van der Waals surface area contributed by atoms with Crippen molar-refractivity contribution in [2.75, 3.05) is 17.2 Å². The smallest absolute Gasteiger partial charge is 0.413 e. The lowest BCUT2D eigenvalue weighted by Gasteiger charge is -2.19. The van der Waals surface area contributed by atoms with Crippen molar-refractivity contribution in [1.82, 2.24) is 14.5 Å². The first kappa shape index (κ1) is 27.8. The van der Waals surface area contributed by atoms with E-state index in [1.54, 1.807) is 6.07 Å². The fraction of sp³-hybridized carbons (Fsp3) is 0.500. The predicted octanol–water partition coefficient (Wildman–Crippen LogP) is 6.41. The molecule has 9 nitrogen and oxygen atoms in total. The summed E-state index contributed by atoms with van der Waals surface area (Å²) in [7, 11) is -1.21. The molecule has 0 unspecified atom stereocenters. The topological polar surface area (TPSA) is 107 Å². The van der Waals surface area contributed by atoms with Crippen molar-refractivity contribution < 1.29 is 19.1 Å². The van der Waals surface area contributed by atoms with Crippen LogP contribution >= 0.6 is 0 Å². The molecule has 3 aromatic rings. The zero-order chi connectivity index (χ0) is 27.7. The van der Waals surface area contributed by atoms with E-state index in [2.05, 4.69) is 35.3 Å². The summed E-state index contributed by atoms with van der Waals surface area (Å²) < 4.78 is 13.4. The first-order valence-electron chi connectivity index (χ1n) is 13.2. The highest BCUT2D eigenvalue weighted by atomic mass is 28.3. The van der Waals surface area contributed by atoms with Gasteiger partial charge in [-0.1, -0.05) is 19.6 Å². The summed E-state index contributed by atoms with van der Waals surface area (Å²) in [4.78, 5) is 33.9. The largest absolute Gasteiger partial charge is 0.444 e. The number of rotatable bonds is 9. The van der Waals surface area contributed by atoms with E-state index in [-0.39, 0.29) is 11.8 Å². The van der Waals surface area contributed by atoms with Gasteiger partial charge in [-0.25, -0.2) is 14.8 Å². The Morgan fingerprint density at radius 3 is 2.34 bits per heavy atom. The zero-order valence-electron chi connectivity index (χ0n) is 23.5. The van der Waals surface area contributed by atoms with Crippen LogP contribution in [0.3, 0.4) is 0 Å². The quantitative estimate of drug-likeness (QED) is 0.241. The predicted molar refractivity (Wildman–Crippen MR) is 153 cm³/mol. The van der Waals surface area contributed by atoms with Crippen molar-refractivity contribution >= 4 is 42.7 Å². The molecule has 38 heavy (non-hydrogen) atoms. The first-order chi connectivity index (χ1) is 17.8. The number of carbonyl (C=O) groups is 2. The summed E-state index contributed by atoms with van der Waals surface area (Å²) in [6.45, 7) is 15.4. The monoisotopic (exact) mass is 537 g/mol. The van der Waals surface area contributed by atoms with Gasteiger partial charge in [0.2, 0.25) is 5.91 Å². The molecule has 204 valence electrons. The number of pyridine rings is 2. The molecule has 0 atom stereocenters. The number of ether oxygens (including phenoxy) is 2. The van der Waals surface area contributed by atoms with Crippen LogP contribution < -0.4 is 10.6 Å². The van der Waals surface area contributed by atoms with Gasteiger partial charge in [0.15, 0.2) is 0 Å². The maximum absolute atomic E-state index is 12.3. The van der Waals surface area contributed by atoms with Crippen LogP contribution in [0, 0.1) is 12.8 Å². The molecule has 0 spiro atoms. The average Bonchev–Trinajstić information content (AvgIpc) is 3.58. The zero-order valence-corrected chi connectivity index (χ0v) is 24.5. The van der Waals surface area contributed by atoms with Gasteiger partial charge in [0.05, 0.1) is 0 Å². The molecule has 0 radical (unpaired) electrons. The Morgan fingerprint density at radius 1 is 1.03 bits per heavy atom. The summed E-state index contributed by atoms with van der Waals surface area (Å²) in [5, 5.41) is 6.58. The maximum Gasteiger partial charge on any atom is 0.413 e. The highest BCUT2D eigenvalue weighted by Crippen LogP contribution is 2.34. The minimum Gasteiger partial charge on any atom is -0.444 e. The molecule has 4 rings (SSSR count). The van der Waals surface area contributed by atoms with Gasteiger partial charge in [-0.15, -0.1) is 0 Å². The molecular weight excluding hydrogens is 498 g/mol. The van der Waals surface area contributed by atoms with Crippen LogP contribution in [-0.4, -0.2) is 46.8 Å². The minimum atomic E-state index is -1.21. The summed E-state index contributed by atoms with van der Waals surface area (Å²) in [5.74, 6) is 1.08. The summed E-state index contributed by atoms with van der Waals surface area (Å²) in [5.41, 5.74) is 2.76. The van der Waals surface area contributed by atoms with Crippen molar-refractivity contribution in [2.45, 2.75) is 78.6 Å². The Labute approximate surface area is 225 Å². The molecule has 2 amide bonds. The van der Waals surface area contributed by atoms with E-state index in [9.17, 15) is 9.59 Å². The lowest BCUT2D eigenvalue weighted by Crippen LogP contribution is -2.27. The van der Waals surface area contributed by atoms with E-state index in [1.807, 2.05) is 56.7 Å². The molecular formula is C28H39N5O4Si. The molecule has 1 aliphatic rings. The number of aryl methyl sites for hydroxylation is 1. The average molecular weight is 538 g/mol. The van der Waals surface area contributed by atoms with Crippen LogP contribution in [0.1, 0.15) is 39.3 Å². The maximum atomic E-state index is 12.3. The Hall–Kier alpha value is -3.24. The van der Waals surface area contributed by atoms with E-state index in [0.29, 0.717) is 25.0 Å².